The molecule has 1 amide bonds. The third-order valence-corrected chi connectivity index (χ3v) is 5.44. The number of thiophene rings is 1. The van der Waals surface area contributed by atoms with Crippen molar-refractivity contribution in [1.82, 2.24) is 15.3 Å². The number of fused-ring (bicyclic) bond motifs is 1. The van der Waals surface area contributed by atoms with Gasteiger partial charge in [0, 0.05) is 29.7 Å². The third kappa shape index (κ3) is 3.91. The van der Waals surface area contributed by atoms with Crippen LogP contribution in [-0.2, 0) is 4.79 Å². The summed E-state index contributed by atoms with van der Waals surface area (Å²) in [4.78, 5) is 32.4. The predicted molar refractivity (Wildman–Crippen MR) is 99.8 cm³/mol. The molecule has 0 aliphatic heterocycles. The van der Waals surface area contributed by atoms with E-state index in [1.54, 1.807) is 12.1 Å². The Balaban J connectivity index is 1.94. The Morgan fingerprint density at radius 3 is 2.76 bits per heavy atom. The van der Waals surface area contributed by atoms with Crippen LogP contribution in [0, 0.1) is 12.7 Å². The van der Waals surface area contributed by atoms with Gasteiger partial charge >= 0.3 is 0 Å². The van der Waals surface area contributed by atoms with Crippen LogP contribution in [-0.4, -0.2) is 28.2 Å². The standard InChI is InChI=1S/C17H16FN3O2S2/c1-9-13(11-3-5-12(18)6-4-11)14-15(23)20-17(21-16(14)25-9)24-8-7-19-10(2)22/h3-6H,7-8H2,1-2H3,(H,19,22)(H,20,21,23). The molecule has 0 saturated carbocycles. The van der Waals surface area contributed by atoms with Gasteiger partial charge in [-0.25, -0.2) is 9.37 Å². The lowest BCUT2D eigenvalue weighted by atomic mass is 10.0. The molecular formula is C17H16FN3O2S2. The first kappa shape index (κ1) is 17.6. The van der Waals surface area contributed by atoms with Crippen molar-refractivity contribution in [3.8, 4) is 11.1 Å². The molecule has 3 aromatic rings. The number of benzene rings is 1. The van der Waals surface area contributed by atoms with Crippen LogP contribution in [0.3, 0.4) is 0 Å². The molecule has 0 aliphatic carbocycles. The molecule has 0 fully saturated rings. The molecule has 1 aromatic carbocycles. The number of hydrogen-bond donors (Lipinski definition) is 2. The summed E-state index contributed by atoms with van der Waals surface area (Å²) in [6.07, 6.45) is 0. The van der Waals surface area contributed by atoms with Crippen LogP contribution in [0.2, 0.25) is 0 Å². The van der Waals surface area contributed by atoms with E-state index in [9.17, 15) is 14.0 Å². The van der Waals surface area contributed by atoms with E-state index in [0.29, 0.717) is 27.7 Å². The van der Waals surface area contributed by atoms with Crippen LogP contribution < -0.4 is 10.9 Å². The number of H-pyrrole nitrogens is 1. The smallest absolute Gasteiger partial charge is 0.260 e. The van der Waals surface area contributed by atoms with Crippen molar-refractivity contribution in [3.63, 3.8) is 0 Å². The van der Waals surface area contributed by atoms with Gasteiger partial charge in [-0.05, 0) is 24.6 Å². The number of carbonyl (C=O) groups excluding carboxylic acids is 1. The SMILES string of the molecule is CC(=O)NCCSc1nc2sc(C)c(-c3ccc(F)cc3)c2c(=O)[nH]1. The van der Waals surface area contributed by atoms with Crippen LogP contribution in [0.4, 0.5) is 4.39 Å². The largest absolute Gasteiger partial charge is 0.356 e. The van der Waals surface area contributed by atoms with Crippen LogP contribution >= 0.6 is 23.1 Å². The molecule has 25 heavy (non-hydrogen) atoms. The van der Waals surface area contributed by atoms with Crippen molar-refractivity contribution in [2.75, 3.05) is 12.3 Å². The molecule has 0 saturated heterocycles. The first-order chi connectivity index (χ1) is 12.0. The Morgan fingerprint density at radius 1 is 1.36 bits per heavy atom. The summed E-state index contributed by atoms with van der Waals surface area (Å²) in [5.74, 6) is 0.213. The maximum atomic E-state index is 13.2. The molecule has 0 radical (unpaired) electrons. The Kier molecular flexibility index (Phi) is 5.19. The quantitative estimate of drug-likeness (QED) is 0.406. The number of nitrogens with one attached hydrogen (secondary N) is 2. The van der Waals surface area contributed by atoms with E-state index in [-0.39, 0.29) is 17.3 Å². The number of aromatic amines is 1. The Morgan fingerprint density at radius 2 is 2.08 bits per heavy atom. The fourth-order valence-electron chi connectivity index (χ4n) is 2.51. The summed E-state index contributed by atoms with van der Waals surface area (Å²) >= 11 is 2.82. The molecule has 0 spiro atoms. The number of halogens is 1. The van der Waals surface area contributed by atoms with Crippen molar-refractivity contribution in [1.29, 1.82) is 0 Å². The van der Waals surface area contributed by atoms with Crippen molar-refractivity contribution >= 4 is 39.2 Å². The highest BCUT2D eigenvalue weighted by molar-refractivity contribution is 7.99. The second-order valence-electron chi connectivity index (χ2n) is 5.42. The summed E-state index contributed by atoms with van der Waals surface area (Å²) in [7, 11) is 0. The van der Waals surface area contributed by atoms with Gasteiger partial charge in [0.1, 0.15) is 10.6 Å². The van der Waals surface area contributed by atoms with Crippen molar-refractivity contribution in [2.24, 2.45) is 0 Å². The van der Waals surface area contributed by atoms with Gasteiger partial charge in [-0.15, -0.1) is 11.3 Å². The zero-order chi connectivity index (χ0) is 18.0. The third-order valence-electron chi connectivity index (χ3n) is 3.56. The Bertz CT molecular complexity index is 980. The summed E-state index contributed by atoms with van der Waals surface area (Å²) in [6.45, 7) is 3.89. The van der Waals surface area contributed by atoms with E-state index >= 15 is 0 Å². The molecule has 5 nitrogen and oxygen atoms in total. The number of aryl methyl sites for hydroxylation is 1. The molecule has 0 bridgehead atoms. The lowest BCUT2D eigenvalue weighted by molar-refractivity contribution is -0.118. The molecular weight excluding hydrogens is 361 g/mol. The molecule has 2 heterocycles. The number of hydrogen-bond acceptors (Lipinski definition) is 5. The minimum Gasteiger partial charge on any atom is -0.356 e. The lowest BCUT2D eigenvalue weighted by Gasteiger charge is -2.03. The zero-order valence-electron chi connectivity index (χ0n) is 13.7. The molecule has 0 aliphatic rings. The monoisotopic (exact) mass is 377 g/mol. The predicted octanol–water partition coefficient (Wildman–Crippen LogP) is 3.33. The normalized spacial score (nSPS) is 11.0. The minimum atomic E-state index is -0.314. The maximum absolute atomic E-state index is 13.2. The van der Waals surface area contributed by atoms with Gasteiger partial charge in [0.2, 0.25) is 5.91 Å². The first-order valence-corrected chi connectivity index (χ1v) is 9.42. The van der Waals surface area contributed by atoms with Gasteiger partial charge < -0.3 is 10.3 Å². The van der Waals surface area contributed by atoms with Gasteiger partial charge in [0.25, 0.3) is 5.56 Å². The van der Waals surface area contributed by atoms with Crippen molar-refractivity contribution in [2.45, 2.75) is 19.0 Å². The molecule has 130 valence electrons. The average Bonchev–Trinajstić information content (AvgIpc) is 2.89. The highest BCUT2D eigenvalue weighted by Crippen LogP contribution is 2.36. The van der Waals surface area contributed by atoms with Crippen LogP contribution in [0.5, 0.6) is 0 Å². The topological polar surface area (TPSA) is 74.8 Å². The van der Waals surface area contributed by atoms with Gasteiger partial charge in [0.15, 0.2) is 5.16 Å². The van der Waals surface area contributed by atoms with Crippen molar-refractivity contribution < 1.29 is 9.18 Å². The molecule has 2 N–H and O–H groups in total. The molecule has 0 unspecified atom stereocenters. The van der Waals surface area contributed by atoms with Crippen molar-refractivity contribution in [3.05, 3.63) is 45.3 Å². The average molecular weight is 377 g/mol. The Labute approximate surface area is 151 Å². The number of amides is 1. The van der Waals surface area contributed by atoms with Crippen LogP contribution in [0.1, 0.15) is 11.8 Å². The summed E-state index contributed by atoms with van der Waals surface area (Å²) < 4.78 is 13.2. The van der Waals surface area contributed by atoms with E-state index in [0.717, 1.165) is 16.0 Å². The minimum absolute atomic E-state index is 0.0877. The van der Waals surface area contributed by atoms with Crippen LogP contribution in [0.15, 0.2) is 34.2 Å². The van der Waals surface area contributed by atoms with E-state index in [1.165, 1.54) is 42.2 Å². The maximum Gasteiger partial charge on any atom is 0.260 e. The second-order valence-corrected chi connectivity index (χ2v) is 7.71. The summed E-state index contributed by atoms with van der Waals surface area (Å²) in [5, 5.41) is 3.75. The highest BCUT2D eigenvalue weighted by Gasteiger charge is 2.16. The highest BCUT2D eigenvalue weighted by atomic mass is 32.2. The van der Waals surface area contributed by atoms with Crippen LogP contribution in [0.25, 0.3) is 21.3 Å². The zero-order valence-corrected chi connectivity index (χ0v) is 15.3. The summed E-state index contributed by atoms with van der Waals surface area (Å²) in [5.41, 5.74) is 1.38. The number of carbonyl (C=O) groups is 1. The lowest BCUT2D eigenvalue weighted by Crippen LogP contribution is -2.22. The molecule has 2 aromatic heterocycles. The Hall–Kier alpha value is -2.19. The number of rotatable bonds is 5. The van der Waals surface area contributed by atoms with Gasteiger partial charge in [-0.3, -0.25) is 9.59 Å². The number of thioether (sulfide) groups is 1. The van der Waals surface area contributed by atoms with Gasteiger partial charge in [-0.1, -0.05) is 23.9 Å². The first-order valence-electron chi connectivity index (χ1n) is 7.62. The van der Waals surface area contributed by atoms with Gasteiger partial charge in [-0.2, -0.15) is 0 Å². The van der Waals surface area contributed by atoms with E-state index in [4.69, 9.17) is 0 Å². The van der Waals surface area contributed by atoms with Gasteiger partial charge in [0.05, 0.1) is 5.39 Å². The molecule has 0 atom stereocenters. The summed E-state index contributed by atoms with van der Waals surface area (Å²) in [6, 6.07) is 6.09. The number of aromatic nitrogens is 2. The van der Waals surface area contributed by atoms with E-state index in [2.05, 4.69) is 15.3 Å². The van der Waals surface area contributed by atoms with E-state index < -0.39 is 0 Å². The molecule has 8 heteroatoms. The number of nitrogens with zero attached hydrogens (tertiary/aromatic N) is 1. The fourth-order valence-corrected chi connectivity index (χ4v) is 4.33. The fraction of sp³-hybridized carbons (Fsp3) is 0.235. The van der Waals surface area contributed by atoms with E-state index in [1.807, 2.05) is 6.92 Å². The second kappa shape index (κ2) is 7.37. The molecule has 3 rings (SSSR count).